The van der Waals surface area contributed by atoms with Gasteiger partial charge in [-0.25, -0.2) is 4.39 Å². The molecular weight excluding hydrogens is 207 g/mol. The highest BCUT2D eigenvalue weighted by Crippen LogP contribution is 2.22. The first-order chi connectivity index (χ1) is 7.60. The molecule has 1 aromatic carbocycles. The lowest BCUT2D eigenvalue weighted by atomic mass is 9.98. The Balaban J connectivity index is 2.89. The third-order valence-corrected chi connectivity index (χ3v) is 2.70. The van der Waals surface area contributed by atoms with E-state index in [9.17, 15) is 9.50 Å². The molecule has 0 fully saturated rings. The Kier molecular flexibility index (Phi) is 4.86. The van der Waals surface area contributed by atoms with E-state index in [1.807, 2.05) is 6.92 Å². The maximum atomic E-state index is 13.6. The number of likely N-dealkylation sites (N-methyl/N-ethyl adjacent to an activating group) is 1. The van der Waals surface area contributed by atoms with Crippen molar-refractivity contribution >= 4 is 0 Å². The summed E-state index contributed by atoms with van der Waals surface area (Å²) in [6.07, 6.45) is -0.264. The van der Waals surface area contributed by atoms with E-state index in [0.717, 1.165) is 5.56 Å². The second-order valence-corrected chi connectivity index (χ2v) is 3.94. The molecule has 1 rings (SSSR count). The van der Waals surface area contributed by atoms with Crippen molar-refractivity contribution in [3.8, 4) is 0 Å². The van der Waals surface area contributed by atoms with Gasteiger partial charge in [0.05, 0.1) is 6.10 Å². The summed E-state index contributed by atoms with van der Waals surface area (Å²) in [4.78, 5) is 0. The Bertz CT molecular complexity index is 344. The molecule has 0 aliphatic carbocycles. The van der Waals surface area contributed by atoms with Crippen LogP contribution in [-0.2, 0) is 0 Å². The molecule has 0 radical (unpaired) electrons. The summed E-state index contributed by atoms with van der Waals surface area (Å²) in [5.74, 6) is -0.371. The van der Waals surface area contributed by atoms with Crippen molar-refractivity contribution in [3.63, 3.8) is 0 Å². The smallest absolute Gasteiger partial charge is 0.129 e. The molecule has 0 aliphatic heterocycles. The highest BCUT2D eigenvalue weighted by molar-refractivity contribution is 5.26. The molecule has 90 valence electrons. The monoisotopic (exact) mass is 226 g/mol. The predicted octanol–water partition coefficient (Wildman–Crippen LogP) is 1.10. The summed E-state index contributed by atoms with van der Waals surface area (Å²) in [5.41, 5.74) is 6.60. The van der Waals surface area contributed by atoms with Gasteiger partial charge < -0.3 is 16.2 Å². The van der Waals surface area contributed by atoms with Gasteiger partial charge in [0.15, 0.2) is 0 Å². The van der Waals surface area contributed by atoms with Gasteiger partial charge in [-0.1, -0.05) is 12.1 Å². The molecule has 0 saturated carbocycles. The number of benzene rings is 1. The van der Waals surface area contributed by atoms with Crippen molar-refractivity contribution in [1.29, 1.82) is 0 Å². The maximum Gasteiger partial charge on any atom is 0.129 e. The zero-order valence-corrected chi connectivity index (χ0v) is 9.70. The van der Waals surface area contributed by atoms with Gasteiger partial charge in [-0.2, -0.15) is 0 Å². The second kappa shape index (κ2) is 5.94. The van der Waals surface area contributed by atoms with E-state index in [1.54, 1.807) is 19.2 Å². The number of nitrogens with two attached hydrogens (primary N) is 1. The van der Waals surface area contributed by atoms with E-state index < -0.39 is 6.10 Å². The van der Waals surface area contributed by atoms with Crippen LogP contribution in [0.1, 0.15) is 23.7 Å². The summed E-state index contributed by atoms with van der Waals surface area (Å²) in [6, 6.07) is 4.61. The highest BCUT2D eigenvalue weighted by atomic mass is 19.1. The normalized spacial score (nSPS) is 14.8. The number of aliphatic hydroxyl groups excluding tert-OH is 1. The van der Waals surface area contributed by atoms with E-state index in [0.29, 0.717) is 18.5 Å². The van der Waals surface area contributed by atoms with Gasteiger partial charge in [0, 0.05) is 11.6 Å². The van der Waals surface area contributed by atoms with Crippen LogP contribution in [0.5, 0.6) is 0 Å². The molecule has 0 aliphatic rings. The van der Waals surface area contributed by atoms with E-state index in [-0.39, 0.29) is 11.9 Å². The summed E-state index contributed by atoms with van der Waals surface area (Å²) in [5, 5.41) is 13.0. The first-order valence-corrected chi connectivity index (χ1v) is 5.41. The number of nitrogens with one attached hydrogen (secondary N) is 1. The average molecular weight is 226 g/mol. The second-order valence-electron chi connectivity index (χ2n) is 3.94. The minimum Gasteiger partial charge on any atom is -0.387 e. The largest absolute Gasteiger partial charge is 0.387 e. The molecule has 0 amide bonds. The SMILES string of the molecule is CNC(CCN)C(O)c1ccc(C)cc1F. The van der Waals surface area contributed by atoms with Gasteiger partial charge in [-0.05, 0) is 38.6 Å². The fourth-order valence-corrected chi connectivity index (χ4v) is 1.73. The molecule has 0 spiro atoms. The van der Waals surface area contributed by atoms with Gasteiger partial charge in [0.25, 0.3) is 0 Å². The van der Waals surface area contributed by atoms with Crippen molar-refractivity contribution in [1.82, 2.24) is 5.32 Å². The number of aryl methyl sites for hydroxylation is 1. The van der Waals surface area contributed by atoms with Crippen molar-refractivity contribution < 1.29 is 9.50 Å². The third kappa shape index (κ3) is 3.01. The Labute approximate surface area is 95.5 Å². The minimum atomic E-state index is -0.867. The van der Waals surface area contributed by atoms with Crippen LogP contribution in [0.15, 0.2) is 18.2 Å². The molecule has 0 saturated heterocycles. The van der Waals surface area contributed by atoms with E-state index in [1.165, 1.54) is 6.07 Å². The quantitative estimate of drug-likeness (QED) is 0.704. The summed E-state index contributed by atoms with van der Waals surface area (Å²) in [6.45, 7) is 2.27. The van der Waals surface area contributed by atoms with Crippen LogP contribution >= 0.6 is 0 Å². The summed E-state index contributed by atoms with van der Waals surface area (Å²) < 4.78 is 13.6. The van der Waals surface area contributed by atoms with Crippen LogP contribution in [0.4, 0.5) is 4.39 Å². The van der Waals surface area contributed by atoms with E-state index in [4.69, 9.17) is 5.73 Å². The lowest BCUT2D eigenvalue weighted by Gasteiger charge is -2.22. The molecular formula is C12H19FN2O. The van der Waals surface area contributed by atoms with Crippen LogP contribution < -0.4 is 11.1 Å². The molecule has 4 N–H and O–H groups in total. The average Bonchev–Trinajstić information content (AvgIpc) is 2.25. The molecule has 2 unspecified atom stereocenters. The number of rotatable bonds is 5. The van der Waals surface area contributed by atoms with Crippen LogP contribution in [0.25, 0.3) is 0 Å². The first kappa shape index (κ1) is 13.1. The maximum absolute atomic E-state index is 13.6. The summed E-state index contributed by atoms with van der Waals surface area (Å²) in [7, 11) is 1.73. The zero-order chi connectivity index (χ0) is 12.1. The fraction of sp³-hybridized carbons (Fsp3) is 0.500. The van der Waals surface area contributed by atoms with Gasteiger partial charge in [-0.3, -0.25) is 0 Å². The fourth-order valence-electron chi connectivity index (χ4n) is 1.73. The molecule has 0 heterocycles. The Morgan fingerprint density at radius 2 is 2.19 bits per heavy atom. The van der Waals surface area contributed by atoms with Crippen molar-refractivity contribution in [2.75, 3.05) is 13.6 Å². The van der Waals surface area contributed by atoms with E-state index in [2.05, 4.69) is 5.32 Å². The lowest BCUT2D eigenvalue weighted by molar-refractivity contribution is 0.125. The number of hydrogen-bond acceptors (Lipinski definition) is 3. The first-order valence-electron chi connectivity index (χ1n) is 5.41. The topological polar surface area (TPSA) is 58.3 Å². The third-order valence-electron chi connectivity index (χ3n) is 2.70. The van der Waals surface area contributed by atoms with Crippen LogP contribution in [0.2, 0.25) is 0 Å². The van der Waals surface area contributed by atoms with Gasteiger partial charge in [-0.15, -0.1) is 0 Å². The Morgan fingerprint density at radius 1 is 1.50 bits per heavy atom. The van der Waals surface area contributed by atoms with Crippen LogP contribution in [0.3, 0.4) is 0 Å². The number of hydrogen-bond donors (Lipinski definition) is 3. The van der Waals surface area contributed by atoms with E-state index >= 15 is 0 Å². The highest BCUT2D eigenvalue weighted by Gasteiger charge is 2.21. The predicted molar refractivity (Wildman–Crippen MR) is 62.6 cm³/mol. The molecule has 0 aromatic heterocycles. The molecule has 0 bridgehead atoms. The van der Waals surface area contributed by atoms with Gasteiger partial charge >= 0.3 is 0 Å². The van der Waals surface area contributed by atoms with Gasteiger partial charge in [0.1, 0.15) is 5.82 Å². The standard InChI is InChI=1S/C12H19FN2O/c1-8-3-4-9(10(13)7-8)12(16)11(15-2)5-6-14/h3-4,7,11-12,15-16H,5-6,14H2,1-2H3. The minimum absolute atomic E-state index is 0.220. The molecule has 3 nitrogen and oxygen atoms in total. The Morgan fingerprint density at radius 3 is 2.69 bits per heavy atom. The molecule has 1 aromatic rings. The van der Waals surface area contributed by atoms with Crippen molar-refractivity contribution in [2.45, 2.75) is 25.5 Å². The van der Waals surface area contributed by atoms with Gasteiger partial charge in [0.2, 0.25) is 0 Å². The van der Waals surface area contributed by atoms with Crippen LogP contribution in [0, 0.1) is 12.7 Å². The molecule has 4 heteroatoms. The van der Waals surface area contributed by atoms with Crippen molar-refractivity contribution in [2.24, 2.45) is 5.73 Å². The Hall–Kier alpha value is -0.970. The van der Waals surface area contributed by atoms with Crippen molar-refractivity contribution in [3.05, 3.63) is 35.1 Å². The lowest BCUT2D eigenvalue weighted by Crippen LogP contribution is -2.34. The number of halogens is 1. The molecule has 2 atom stereocenters. The number of aliphatic hydroxyl groups is 1. The zero-order valence-electron chi connectivity index (χ0n) is 9.70. The summed E-state index contributed by atoms with van der Waals surface area (Å²) >= 11 is 0. The van der Waals surface area contributed by atoms with Crippen LogP contribution in [-0.4, -0.2) is 24.7 Å². The molecule has 16 heavy (non-hydrogen) atoms.